The summed E-state index contributed by atoms with van der Waals surface area (Å²) in [7, 11) is 0. The summed E-state index contributed by atoms with van der Waals surface area (Å²) in [5, 5.41) is 2.95. The summed E-state index contributed by atoms with van der Waals surface area (Å²) in [4.78, 5) is 31.0. The van der Waals surface area contributed by atoms with Gasteiger partial charge in [-0.15, -0.1) is 0 Å². The van der Waals surface area contributed by atoms with Crippen LogP contribution >= 0.6 is 0 Å². The van der Waals surface area contributed by atoms with Gasteiger partial charge in [-0.1, -0.05) is 24.3 Å². The third-order valence-electron chi connectivity index (χ3n) is 4.51. The highest BCUT2D eigenvalue weighted by Crippen LogP contribution is 2.21. The van der Waals surface area contributed by atoms with E-state index < -0.39 is 0 Å². The van der Waals surface area contributed by atoms with Gasteiger partial charge in [0.1, 0.15) is 11.3 Å². The first-order valence-electron chi connectivity index (χ1n) is 8.23. The topological polar surface area (TPSA) is 66.7 Å². The molecular formula is C19H18N4O2. The van der Waals surface area contributed by atoms with Crippen LogP contribution in [-0.4, -0.2) is 33.8 Å². The summed E-state index contributed by atoms with van der Waals surface area (Å²) in [6.07, 6.45) is 2.18. The van der Waals surface area contributed by atoms with Gasteiger partial charge < -0.3 is 14.6 Å². The lowest BCUT2D eigenvalue weighted by atomic mass is 10.2. The molecule has 6 nitrogen and oxygen atoms in total. The summed E-state index contributed by atoms with van der Waals surface area (Å²) in [6.45, 7) is 2.34. The molecule has 4 rings (SSSR count). The number of pyridine rings is 1. The Labute approximate surface area is 145 Å². The Bertz CT molecular complexity index is 948. The molecule has 2 aromatic heterocycles. The number of benzene rings is 1. The first-order valence-corrected chi connectivity index (χ1v) is 8.23. The van der Waals surface area contributed by atoms with Crippen molar-refractivity contribution in [3.05, 3.63) is 66.1 Å². The smallest absolute Gasteiger partial charge is 0.272 e. The molecule has 6 heteroatoms. The summed E-state index contributed by atoms with van der Waals surface area (Å²) in [5.41, 5.74) is 2.78. The molecule has 1 aromatic carbocycles. The van der Waals surface area contributed by atoms with Gasteiger partial charge in [-0.3, -0.25) is 9.59 Å². The summed E-state index contributed by atoms with van der Waals surface area (Å²) < 4.78 is 1.88. The van der Waals surface area contributed by atoms with Crippen LogP contribution in [0.15, 0.2) is 54.7 Å². The van der Waals surface area contributed by atoms with Crippen LogP contribution in [0.5, 0.6) is 0 Å². The number of aromatic nitrogens is 2. The van der Waals surface area contributed by atoms with Crippen molar-refractivity contribution in [1.82, 2.24) is 14.7 Å². The highest BCUT2D eigenvalue weighted by molar-refractivity contribution is 5.99. The summed E-state index contributed by atoms with van der Waals surface area (Å²) in [5.74, 6) is -0.225. The van der Waals surface area contributed by atoms with E-state index in [9.17, 15) is 9.59 Å². The van der Waals surface area contributed by atoms with Crippen LogP contribution in [0, 0.1) is 6.92 Å². The fourth-order valence-corrected chi connectivity index (χ4v) is 3.25. The van der Waals surface area contributed by atoms with E-state index in [0.29, 0.717) is 18.7 Å². The maximum atomic E-state index is 12.6. The third kappa shape index (κ3) is 2.76. The molecule has 0 aliphatic carbocycles. The lowest BCUT2D eigenvalue weighted by Gasteiger charge is -2.17. The zero-order valence-electron chi connectivity index (χ0n) is 13.8. The van der Waals surface area contributed by atoms with Crippen molar-refractivity contribution in [2.75, 3.05) is 11.4 Å². The van der Waals surface area contributed by atoms with Crippen LogP contribution in [0.1, 0.15) is 22.6 Å². The van der Waals surface area contributed by atoms with Gasteiger partial charge in [-0.25, -0.2) is 4.98 Å². The van der Waals surface area contributed by atoms with E-state index >= 15 is 0 Å². The van der Waals surface area contributed by atoms with E-state index in [4.69, 9.17) is 0 Å². The minimum Gasteiger partial charge on any atom is -0.346 e. The Kier molecular flexibility index (Phi) is 3.72. The number of fused-ring (bicyclic) bond motifs is 1. The highest BCUT2D eigenvalue weighted by atomic mass is 16.2. The molecular weight excluding hydrogens is 316 g/mol. The number of imidazole rings is 1. The standard InChI is InChI=1S/C19H18N4O2/c1-13-18(21-16-9-5-6-10-22(13)16)19(25)20-14-11-17(24)23(12-14)15-7-3-2-4-8-15/h2-10,14H,11-12H2,1H3,(H,20,25). The predicted octanol–water partition coefficient (Wildman–Crippen LogP) is 2.18. The predicted molar refractivity (Wildman–Crippen MR) is 94.6 cm³/mol. The van der Waals surface area contributed by atoms with E-state index in [1.54, 1.807) is 4.90 Å². The number of carbonyl (C=O) groups is 2. The number of amides is 2. The molecule has 1 aliphatic heterocycles. The molecule has 0 bridgehead atoms. The van der Waals surface area contributed by atoms with Crippen molar-refractivity contribution in [2.24, 2.45) is 0 Å². The SMILES string of the molecule is Cc1c(C(=O)NC2CC(=O)N(c3ccccc3)C2)nc2ccccn12. The molecule has 1 unspecified atom stereocenters. The fraction of sp³-hybridized carbons (Fsp3) is 0.211. The van der Waals surface area contributed by atoms with E-state index in [1.165, 1.54) is 0 Å². The number of hydrogen-bond donors (Lipinski definition) is 1. The van der Waals surface area contributed by atoms with Crippen LogP contribution in [0.2, 0.25) is 0 Å². The monoisotopic (exact) mass is 334 g/mol. The number of nitrogens with one attached hydrogen (secondary N) is 1. The first kappa shape index (κ1) is 15.4. The zero-order valence-corrected chi connectivity index (χ0v) is 13.8. The Balaban J connectivity index is 1.51. The molecule has 0 radical (unpaired) electrons. The van der Waals surface area contributed by atoms with Crippen molar-refractivity contribution in [3.63, 3.8) is 0 Å². The van der Waals surface area contributed by atoms with E-state index in [-0.39, 0.29) is 17.9 Å². The summed E-state index contributed by atoms with van der Waals surface area (Å²) in [6, 6.07) is 14.9. The maximum absolute atomic E-state index is 12.6. The van der Waals surface area contributed by atoms with Gasteiger partial charge in [-0.05, 0) is 31.2 Å². The van der Waals surface area contributed by atoms with Crippen LogP contribution < -0.4 is 10.2 Å². The van der Waals surface area contributed by atoms with E-state index in [1.807, 2.05) is 66.1 Å². The van der Waals surface area contributed by atoms with Crippen molar-refractivity contribution < 1.29 is 9.59 Å². The van der Waals surface area contributed by atoms with Crippen molar-refractivity contribution in [3.8, 4) is 0 Å². The van der Waals surface area contributed by atoms with Crippen LogP contribution in [-0.2, 0) is 4.79 Å². The van der Waals surface area contributed by atoms with Gasteiger partial charge in [0.05, 0.1) is 11.7 Å². The molecule has 2 amide bonds. The lowest BCUT2D eigenvalue weighted by molar-refractivity contribution is -0.117. The molecule has 126 valence electrons. The Morgan fingerprint density at radius 3 is 2.68 bits per heavy atom. The molecule has 1 aliphatic rings. The molecule has 3 heterocycles. The molecule has 25 heavy (non-hydrogen) atoms. The minimum atomic E-state index is -0.242. The van der Waals surface area contributed by atoms with Gasteiger partial charge >= 0.3 is 0 Å². The van der Waals surface area contributed by atoms with E-state index in [2.05, 4.69) is 10.3 Å². The van der Waals surface area contributed by atoms with Gasteiger partial charge in [0.25, 0.3) is 5.91 Å². The number of nitrogens with zero attached hydrogens (tertiary/aromatic N) is 3. The Morgan fingerprint density at radius 1 is 1.16 bits per heavy atom. The largest absolute Gasteiger partial charge is 0.346 e. The van der Waals surface area contributed by atoms with Gasteiger partial charge in [0.2, 0.25) is 5.91 Å². The lowest BCUT2D eigenvalue weighted by Crippen LogP contribution is -2.37. The maximum Gasteiger partial charge on any atom is 0.272 e. The van der Waals surface area contributed by atoms with Gasteiger partial charge in [-0.2, -0.15) is 0 Å². The number of aryl methyl sites for hydroxylation is 1. The molecule has 3 aromatic rings. The van der Waals surface area contributed by atoms with Crippen molar-refractivity contribution in [2.45, 2.75) is 19.4 Å². The number of hydrogen-bond acceptors (Lipinski definition) is 3. The van der Waals surface area contributed by atoms with E-state index in [0.717, 1.165) is 17.0 Å². The molecule has 1 N–H and O–H groups in total. The number of rotatable bonds is 3. The first-order chi connectivity index (χ1) is 12.1. The second-order valence-electron chi connectivity index (χ2n) is 6.19. The fourth-order valence-electron chi connectivity index (χ4n) is 3.25. The second kappa shape index (κ2) is 6.05. The molecule has 1 fully saturated rings. The number of carbonyl (C=O) groups excluding carboxylic acids is 2. The second-order valence-corrected chi connectivity index (χ2v) is 6.19. The minimum absolute atomic E-state index is 0.0169. The van der Waals surface area contributed by atoms with Gasteiger partial charge in [0, 0.05) is 24.8 Å². The quantitative estimate of drug-likeness (QED) is 0.798. The van der Waals surface area contributed by atoms with Crippen LogP contribution in [0.3, 0.4) is 0 Å². The summed E-state index contributed by atoms with van der Waals surface area (Å²) >= 11 is 0. The van der Waals surface area contributed by atoms with Gasteiger partial charge in [0.15, 0.2) is 0 Å². The van der Waals surface area contributed by atoms with Crippen molar-refractivity contribution in [1.29, 1.82) is 0 Å². The van der Waals surface area contributed by atoms with Crippen LogP contribution in [0.25, 0.3) is 5.65 Å². The Morgan fingerprint density at radius 2 is 1.92 bits per heavy atom. The number of para-hydroxylation sites is 1. The third-order valence-corrected chi connectivity index (χ3v) is 4.51. The van der Waals surface area contributed by atoms with Crippen LogP contribution in [0.4, 0.5) is 5.69 Å². The van der Waals surface area contributed by atoms with Crippen molar-refractivity contribution >= 4 is 23.1 Å². The number of anilines is 1. The molecule has 0 saturated carbocycles. The average molecular weight is 334 g/mol. The normalized spacial score (nSPS) is 17.2. The Hall–Kier alpha value is -3.15. The molecule has 0 spiro atoms. The molecule has 1 atom stereocenters. The zero-order chi connectivity index (χ0) is 17.4. The average Bonchev–Trinajstić information content (AvgIpc) is 3.16. The highest BCUT2D eigenvalue weighted by Gasteiger charge is 2.32. The molecule has 1 saturated heterocycles.